The first-order valence-corrected chi connectivity index (χ1v) is 11.5. The van der Waals surface area contributed by atoms with Crippen molar-refractivity contribution < 1.29 is 19.0 Å². The average molecular weight is 440 g/mol. The van der Waals surface area contributed by atoms with Gasteiger partial charge in [-0.15, -0.1) is 0 Å². The number of hydrogen-bond acceptors (Lipinski definition) is 6. The van der Waals surface area contributed by atoms with Crippen molar-refractivity contribution in [3.8, 4) is 17.0 Å². The topological polar surface area (TPSA) is 64.1 Å². The minimum Gasteiger partial charge on any atom is -0.475 e. The summed E-state index contributed by atoms with van der Waals surface area (Å²) in [6.45, 7) is 8.14. The highest BCUT2D eigenvalue weighted by molar-refractivity contribution is 5.88. The van der Waals surface area contributed by atoms with Gasteiger partial charge in [0.05, 0.1) is 6.61 Å². The molecule has 7 nitrogen and oxygen atoms in total. The van der Waals surface area contributed by atoms with Crippen molar-refractivity contribution in [3.05, 3.63) is 42.6 Å². The third-order valence-electron chi connectivity index (χ3n) is 6.31. The van der Waals surface area contributed by atoms with Crippen molar-refractivity contribution in [1.29, 1.82) is 0 Å². The number of methoxy groups -OCH3 is 1. The molecular formula is C25H33N3O4. The molecule has 0 N–H and O–H groups in total. The second-order valence-electron chi connectivity index (χ2n) is 8.80. The zero-order valence-electron chi connectivity index (χ0n) is 19.2. The monoisotopic (exact) mass is 439 g/mol. The highest BCUT2D eigenvalue weighted by Gasteiger charge is 2.37. The Bertz CT molecular complexity index is 877. The summed E-state index contributed by atoms with van der Waals surface area (Å²) in [4.78, 5) is 21.6. The predicted molar refractivity (Wildman–Crippen MR) is 124 cm³/mol. The molecule has 1 aromatic heterocycles. The molecular weight excluding hydrogens is 406 g/mol. The van der Waals surface area contributed by atoms with Crippen LogP contribution in [-0.4, -0.2) is 68.1 Å². The maximum atomic E-state index is 13.1. The Morgan fingerprint density at radius 1 is 1.09 bits per heavy atom. The highest BCUT2D eigenvalue weighted by Crippen LogP contribution is 2.31. The lowest BCUT2D eigenvalue weighted by molar-refractivity contribution is -0.0313. The van der Waals surface area contributed by atoms with Crippen LogP contribution in [0.15, 0.2) is 42.6 Å². The first kappa shape index (κ1) is 22.6. The van der Waals surface area contributed by atoms with E-state index in [1.807, 2.05) is 50.2 Å². The van der Waals surface area contributed by atoms with E-state index in [0.717, 1.165) is 49.3 Å². The van der Waals surface area contributed by atoms with Crippen LogP contribution < -0.4 is 9.64 Å². The van der Waals surface area contributed by atoms with Crippen LogP contribution in [0.4, 0.5) is 10.5 Å². The Kier molecular flexibility index (Phi) is 7.27. The number of aromatic nitrogens is 1. The molecule has 2 bridgehead atoms. The zero-order chi connectivity index (χ0) is 22.5. The van der Waals surface area contributed by atoms with Crippen LogP contribution in [0.5, 0.6) is 5.88 Å². The molecule has 3 saturated heterocycles. The molecule has 4 heterocycles. The van der Waals surface area contributed by atoms with Gasteiger partial charge >= 0.3 is 6.09 Å². The Morgan fingerprint density at radius 3 is 2.38 bits per heavy atom. The normalized spacial score (nSPS) is 22.1. The largest absolute Gasteiger partial charge is 0.475 e. The number of benzene rings is 1. The molecule has 7 heteroatoms. The lowest BCUT2D eigenvalue weighted by atomic mass is 9.86. The average Bonchev–Trinajstić information content (AvgIpc) is 2.81. The van der Waals surface area contributed by atoms with E-state index in [4.69, 9.17) is 14.2 Å². The fourth-order valence-electron chi connectivity index (χ4n) is 4.53. The van der Waals surface area contributed by atoms with Gasteiger partial charge in [-0.2, -0.15) is 0 Å². The summed E-state index contributed by atoms with van der Waals surface area (Å²) in [6, 6.07) is 11.8. The predicted octanol–water partition coefficient (Wildman–Crippen LogP) is 4.22. The van der Waals surface area contributed by atoms with Crippen molar-refractivity contribution in [3.63, 3.8) is 0 Å². The smallest absolute Gasteiger partial charge is 0.414 e. The van der Waals surface area contributed by atoms with Gasteiger partial charge in [0.2, 0.25) is 5.88 Å². The van der Waals surface area contributed by atoms with Crippen LogP contribution in [0.3, 0.4) is 0 Å². The van der Waals surface area contributed by atoms with Gasteiger partial charge in [-0.1, -0.05) is 12.1 Å². The quantitative estimate of drug-likeness (QED) is 0.574. The van der Waals surface area contributed by atoms with E-state index >= 15 is 0 Å². The molecule has 0 saturated carbocycles. The van der Waals surface area contributed by atoms with E-state index in [1.165, 1.54) is 0 Å². The third kappa shape index (κ3) is 5.22. The van der Waals surface area contributed by atoms with Gasteiger partial charge in [-0.25, -0.2) is 9.78 Å². The van der Waals surface area contributed by atoms with E-state index in [9.17, 15) is 4.79 Å². The van der Waals surface area contributed by atoms with Gasteiger partial charge in [0.25, 0.3) is 0 Å². The van der Waals surface area contributed by atoms with E-state index < -0.39 is 0 Å². The number of anilines is 1. The Balaban J connectivity index is 1.42. The minimum absolute atomic E-state index is 0.000339. The van der Waals surface area contributed by atoms with Gasteiger partial charge in [0.15, 0.2) is 0 Å². The summed E-state index contributed by atoms with van der Waals surface area (Å²) in [7, 11) is 1.64. The summed E-state index contributed by atoms with van der Waals surface area (Å²) in [5.74, 6) is 1.07. The lowest BCUT2D eigenvalue weighted by Crippen LogP contribution is -2.53. The first-order valence-electron chi connectivity index (χ1n) is 11.5. The van der Waals surface area contributed by atoms with E-state index in [0.29, 0.717) is 25.0 Å². The molecule has 172 valence electrons. The fourth-order valence-corrected chi connectivity index (χ4v) is 4.53. The minimum atomic E-state index is -0.259. The number of carbonyl (C=O) groups excluding carboxylic acids is 1. The van der Waals surface area contributed by atoms with Crippen molar-refractivity contribution in [2.24, 2.45) is 5.92 Å². The molecule has 2 aromatic rings. The van der Waals surface area contributed by atoms with Crippen LogP contribution in [-0.2, 0) is 9.47 Å². The summed E-state index contributed by atoms with van der Waals surface area (Å²) in [5, 5.41) is 0. The van der Waals surface area contributed by atoms with Crippen molar-refractivity contribution in [1.82, 2.24) is 9.88 Å². The number of fused-ring (bicyclic) bond motifs is 3. The fraction of sp³-hybridized carbons (Fsp3) is 0.520. The Labute approximate surface area is 190 Å². The van der Waals surface area contributed by atoms with Crippen LogP contribution in [0, 0.1) is 5.92 Å². The van der Waals surface area contributed by atoms with Gasteiger partial charge in [-0.3, -0.25) is 9.80 Å². The van der Waals surface area contributed by atoms with Crippen LogP contribution in [0.25, 0.3) is 11.1 Å². The van der Waals surface area contributed by atoms with E-state index in [1.54, 1.807) is 18.2 Å². The summed E-state index contributed by atoms with van der Waals surface area (Å²) < 4.78 is 16.5. The standard InChI is InChI=1S/C25H33N3O4/c1-18(2)28(25(29)32-23-17-27-12-10-20(23)11-13-27)22-7-4-19(5-8-22)21-6-9-24(26-16-21)31-15-14-30-3/h4-9,16,18,20,23H,10-15,17H2,1-3H3. The molecule has 0 aliphatic carbocycles. The van der Waals surface area contributed by atoms with Crippen LogP contribution in [0.2, 0.25) is 0 Å². The number of amides is 1. The maximum Gasteiger partial charge on any atom is 0.414 e. The number of nitrogens with zero attached hydrogens (tertiary/aromatic N) is 3. The van der Waals surface area contributed by atoms with Crippen molar-refractivity contribution in [2.45, 2.75) is 38.8 Å². The van der Waals surface area contributed by atoms with Gasteiger partial charge in [-0.05, 0) is 69.5 Å². The number of carbonyl (C=O) groups is 1. The van der Waals surface area contributed by atoms with Crippen molar-refractivity contribution >= 4 is 11.8 Å². The molecule has 3 fully saturated rings. The molecule has 1 unspecified atom stereocenters. The lowest BCUT2D eigenvalue weighted by Gasteiger charge is -2.44. The number of piperidine rings is 3. The van der Waals surface area contributed by atoms with Gasteiger partial charge in [0.1, 0.15) is 12.7 Å². The highest BCUT2D eigenvalue weighted by atomic mass is 16.6. The molecule has 1 atom stereocenters. The molecule has 1 amide bonds. The van der Waals surface area contributed by atoms with Crippen LogP contribution in [0.1, 0.15) is 26.7 Å². The molecule has 0 spiro atoms. The molecule has 1 aromatic carbocycles. The number of rotatable bonds is 8. The van der Waals surface area contributed by atoms with Gasteiger partial charge in [0, 0.05) is 43.2 Å². The first-order chi connectivity index (χ1) is 15.5. The zero-order valence-corrected chi connectivity index (χ0v) is 19.2. The number of hydrogen-bond donors (Lipinski definition) is 0. The van der Waals surface area contributed by atoms with Gasteiger partial charge < -0.3 is 14.2 Å². The SMILES string of the molecule is COCCOc1ccc(-c2ccc(N(C(=O)OC3CN4CCC3CC4)C(C)C)cc2)cn1. The molecule has 5 rings (SSSR count). The van der Waals surface area contributed by atoms with Crippen molar-refractivity contribution in [2.75, 3.05) is 44.9 Å². The summed E-state index contributed by atoms with van der Waals surface area (Å²) in [6.07, 6.45) is 3.78. The molecule has 3 aliphatic rings. The third-order valence-corrected chi connectivity index (χ3v) is 6.31. The van der Waals surface area contributed by atoms with Crippen LogP contribution >= 0.6 is 0 Å². The molecule has 0 radical (unpaired) electrons. The summed E-state index contributed by atoms with van der Waals surface area (Å²) in [5.41, 5.74) is 2.85. The maximum absolute atomic E-state index is 13.1. The Morgan fingerprint density at radius 2 is 1.81 bits per heavy atom. The number of ether oxygens (including phenoxy) is 3. The second kappa shape index (κ2) is 10.3. The Hall–Kier alpha value is -2.64. The molecule has 3 aliphatic heterocycles. The summed E-state index contributed by atoms with van der Waals surface area (Å²) >= 11 is 0. The molecule has 32 heavy (non-hydrogen) atoms. The van der Waals surface area contributed by atoms with E-state index in [2.05, 4.69) is 9.88 Å². The second-order valence-corrected chi connectivity index (χ2v) is 8.80. The van der Waals surface area contributed by atoms with E-state index in [-0.39, 0.29) is 18.2 Å². The number of pyridine rings is 1.